The Kier molecular flexibility index (Phi) is 5.86. The van der Waals surface area contributed by atoms with Gasteiger partial charge in [0.25, 0.3) is 11.8 Å². The fraction of sp³-hybridized carbons (Fsp3) is 0.286. The number of carbonyl (C=O) groups is 3. The Bertz CT molecular complexity index is 929. The van der Waals surface area contributed by atoms with Crippen molar-refractivity contribution in [1.82, 2.24) is 19.6 Å². The van der Waals surface area contributed by atoms with Gasteiger partial charge in [0.1, 0.15) is 24.2 Å². The van der Waals surface area contributed by atoms with E-state index in [1.165, 1.54) is 30.5 Å². The molecule has 2 aliphatic heterocycles. The number of oxime groups is 1. The van der Waals surface area contributed by atoms with E-state index < -0.39 is 29.2 Å². The number of nitrogens with zero attached hydrogens (tertiary/aromatic N) is 4. The van der Waals surface area contributed by atoms with Crippen molar-refractivity contribution in [3.8, 4) is 0 Å². The molecule has 1 unspecified atom stereocenters. The third kappa shape index (κ3) is 3.55. The predicted molar refractivity (Wildman–Crippen MR) is 103 cm³/mol. The largest absolute Gasteiger partial charge is 0.477 e. The minimum absolute atomic E-state index is 0.0394. The van der Waals surface area contributed by atoms with E-state index in [4.69, 9.17) is 17.3 Å². The number of thioether (sulfide) groups is 1. The molecule has 1 aromatic heterocycles. The number of anilines is 1. The standard InChI is InChI=1S/C14H13ClN6O5S2/c1-26-19-6(9-18-14(16)28-20-9)10(22)17-7-11(23)21-8(13(24)25)5(2-3-15)4-27-12(7)21/h2-3,7,12H,4H2,1H3,(H,17,22)(H,24,25)(H2,16,18,20)/b3-2+,19-6+/t7?,12-/m1/s1. The monoisotopic (exact) mass is 444 g/mol. The minimum atomic E-state index is -1.25. The average Bonchev–Trinajstić information content (AvgIpc) is 3.09. The lowest BCUT2D eigenvalue weighted by Crippen LogP contribution is -2.71. The normalized spacial score (nSPS) is 22.1. The second kappa shape index (κ2) is 8.16. The molecule has 2 atom stereocenters. The Labute approximate surface area is 171 Å². The van der Waals surface area contributed by atoms with Gasteiger partial charge in [-0.15, -0.1) is 11.8 Å². The fourth-order valence-corrected chi connectivity index (χ4v) is 4.57. The van der Waals surface area contributed by atoms with Crippen molar-refractivity contribution in [1.29, 1.82) is 0 Å². The molecular formula is C14H13ClN6O5S2. The Morgan fingerprint density at radius 3 is 2.86 bits per heavy atom. The number of allylic oxidation sites excluding steroid dienone is 1. The number of aliphatic carboxylic acids is 1. The number of amides is 2. The summed E-state index contributed by atoms with van der Waals surface area (Å²) in [5.74, 6) is -2.29. The van der Waals surface area contributed by atoms with Crippen LogP contribution in [0.2, 0.25) is 0 Å². The predicted octanol–water partition coefficient (Wildman–Crippen LogP) is -0.0381. The molecule has 0 spiro atoms. The molecule has 11 nitrogen and oxygen atoms in total. The number of rotatable bonds is 6. The molecule has 0 aromatic carbocycles. The van der Waals surface area contributed by atoms with Gasteiger partial charge in [0.05, 0.1) is 0 Å². The van der Waals surface area contributed by atoms with Crippen LogP contribution >= 0.6 is 34.9 Å². The van der Waals surface area contributed by atoms with Crippen LogP contribution in [0.1, 0.15) is 5.82 Å². The van der Waals surface area contributed by atoms with Crippen LogP contribution in [0, 0.1) is 0 Å². The summed E-state index contributed by atoms with van der Waals surface area (Å²) in [6.07, 6.45) is 1.43. The highest BCUT2D eigenvalue weighted by atomic mass is 35.5. The van der Waals surface area contributed by atoms with Crippen molar-refractivity contribution in [2.75, 3.05) is 18.6 Å². The van der Waals surface area contributed by atoms with Gasteiger partial charge in [-0.25, -0.2) is 4.79 Å². The van der Waals surface area contributed by atoms with E-state index in [0.29, 0.717) is 11.3 Å². The summed E-state index contributed by atoms with van der Waals surface area (Å²) in [6, 6.07) is -0.939. The fourth-order valence-electron chi connectivity index (χ4n) is 2.66. The molecule has 0 aliphatic carbocycles. The molecule has 0 bridgehead atoms. The first kappa shape index (κ1) is 20.1. The maximum atomic E-state index is 12.6. The Morgan fingerprint density at radius 2 is 2.29 bits per heavy atom. The number of nitrogens with one attached hydrogen (secondary N) is 1. The van der Waals surface area contributed by atoms with E-state index in [1.54, 1.807) is 0 Å². The Morgan fingerprint density at radius 1 is 1.54 bits per heavy atom. The second-order valence-electron chi connectivity index (χ2n) is 5.41. The molecular weight excluding hydrogens is 432 g/mol. The first-order chi connectivity index (χ1) is 13.4. The lowest BCUT2D eigenvalue weighted by Gasteiger charge is -2.49. The number of carbonyl (C=O) groups excluding carboxylic acids is 2. The molecule has 28 heavy (non-hydrogen) atoms. The molecule has 148 valence electrons. The molecule has 0 saturated carbocycles. The number of nitrogens with two attached hydrogens (primary N) is 1. The summed E-state index contributed by atoms with van der Waals surface area (Å²) >= 11 is 7.72. The van der Waals surface area contributed by atoms with E-state index >= 15 is 0 Å². The maximum Gasteiger partial charge on any atom is 0.352 e. The molecule has 0 radical (unpaired) electrons. The van der Waals surface area contributed by atoms with Crippen LogP contribution in [0.15, 0.2) is 28.0 Å². The van der Waals surface area contributed by atoms with Gasteiger partial charge < -0.3 is 21.0 Å². The van der Waals surface area contributed by atoms with Crippen molar-refractivity contribution in [3.63, 3.8) is 0 Å². The summed E-state index contributed by atoms with van der Waals surface area (Å²) in [5.41, 5.74) is 6.71. The van der Waals surface area contributed by atoms with Crippen molar-refractivity contribution in [2.24, 2.45) is 5.16 Å². The number of β-lactam (4-membered cyclic amide) rings is 1. The van der Waals surface area contributed by atoms with Crippen LogP contribution in [0.5, 0.6) is 0 Å². The highest BCUT2D eigenvalue weighted by Gasteiger charge is 2.54. The molecule has 4 N–H and O–H groups in total. The molecule has 1 saturated heterocycles. The molecule has 2 aliphatic rings. The summed E-state index contributed by atoms with van der Waals surface area (Å²) in [5, 5.41) is 15.1. The summed E-state index contributed by atoms with van der Waals surface area (Å²) < 4.78 is 3.90. The van der Waals surface area contributed by atoms with E-state index in [9.17, 15) is 19.5 Å². The van der Waals surface area contributed by atoms with E-state index in [-0.39, 0.29) is 22.4 Å². The number of carboxylic acids is 1. The number of carboxylic acid groups (broad SMARTS) is 1. The minimum Gasteiger partial charge on any atom is -0.477 e. The zero-order valence-corrected chi connectivity index (χ0v) is 16.5. The van der Waals surface area contributed by atoms with Crippen molar-refractivity contribution in [2.45, 2.75) is 11.4 Å². The number of nitrogen functional groups attached to an aromatic ring is 1. The number of aromatic nitrogens is 2. The van der Waals surface area contributed by atoms with Gasteiger partial charge >= 0.3 is 5.97 Å². The van der Waals surface area contributed by atoms with Crippen LogP contribution in [-0.4, -0.2) is 67.1 Å². The van der Waals surface area contributed by atoms with Crippen molar-refractivity contribution in [3.05, 3.63) is 28.7 Å². The SMILES string of the molecule is CO/N=C(/C(=O)NC1C(=O)N2C(C(=O)O)=C(/C=C/Cl)CS[C@H]12)c1nsc(N)n1. The van der Waals surface area contributed by atoms with Gasteiger partial charge in [0.2, 0.25) is 11.5 Å². The quantitative estimate of drug-likeness (QED) is 0.310. The zero-order valence-electron chi connectivity index (χ0n) is 14.2. The maximum absolute atomic E-state index is 12.6. The van der Waals surface area contributed by atoms with Crippen LogP contribution in [0.3, 0.4) is 0 Å². The summed E-state index contributed by atoms with van der Waals surface area (Å²) in [7, 11) is 1.24. The second-order valence-corrected chi connectivity index (χ2v) is 7.55. The van der Waals surface area contributed by atoms with E-state index in [1.807, 2.05) is 0 Å². The molecule has 14 heteroatoms. The van der Waals surface area contributed by atoms with Crippen LogP contribution in [0.25, 0.3) is 0 Å². The smallest absolute Gasteiger partial charge is 0.352 e. The number of hydrogen-bond donors (Lipinski definition) is 3. The third-order valence-electron chi connectivity index (χ3n) is 3.80. The van der Waals surface area contributed by atoms with Crippen molar-refractivity contribution < 1.29 is 24.3 Å². The van der Waals surface area contributed by atoms with Gasteiger partial charge in [-0.05, 0) is 11.6 Å². The zero-order chi connectivity index (χ0) is 20.4. The van der Waals surface area contributed by atoms with Crippen LogP contribution in [0.4, 0.5) is 5.13 Å². The molecule has 2 amide bonds. The molecule has 3 heterocycles. The Balaban J connectivity index is 1.80. The first-order valence-corrected chi connectivity index (χ1v) is 9.84. The van der Waals surface area contributed by atoms with Gasteiger partial charge in [0, 0.05) is 22.8 Å². The number of halogens is 1. The summed E-state index contributed by atoms with van der Waals surface area (Å²) in [4.78, 5) is 46.4. The number of hydrogen-bond acceptors (Lipinski definition) is 10. The summed E-state index contributed by atoms with van der Waals surface area (Å²) in [6.45, 7) is 0. The highest BCUT2D eigenvalue weighted by Crippen LogP contribution is 2.40. The first-order valence-electron chi connectivity index (χ1n) is 7.58. The third-order valence-corrected chi connectivity index (χ3v) is 5.77. The highest BCUT2D eigenvalue weighted by molar-refractivity contribution is 8.00. The van der Waals surface area contributed by atoms with Crippen LogP contribution in [-0.2, 0) is 19.2 Å². The van der Waals surface area contributed by atoms with Gasteiger partial charge in [-0.3, -0.25) is 14.5 Å². The molecule has 1 fully saturated rings. The molecule has 3 rings (SSSR count). The van der Waals surface area contributed by atoms with Crippen molar-refractivity contribution >= 4 is 63.5 Å². The molecule has 1 aromatic rings. The number of fused-ring (bicyclic) bond motifs is 1. The van der Waals surface area contributed by atoms with Gasteiger partial charge in [-0.1, -0.05) is 16.8 Å². The van der Waals surface area contributed by atoms with E-state index in [2.05, 4.69) is 24.7 Å². The van der Waals surface area contributed by atoms with E-state index in [0.717, 1.165) is 16.4 Å². The average molecular weight is 445 g/mol. The van der Waals surface area contributed by atoms with Crippen LogP contribution < -0.4 is 11.1 Å². The van der Waals surface area contributed by atoms with Gasteiger partial charge in [0.15, 0.2) is 5.13 Å². The lowest BCUT2D eigenvalue weighted by molar-refractivity contribution is -0.150. The topological polar surface area (TPSA) is 160 Å². The Hall–Kier alpha value is -2.64. The lowest BCUT2D eigenvalue weighted by atomic mass is 10.0. The van der Waals surface area contributed by atoms with Gasteiger partial charge in [-0.2, -0.15) is 9.36 Å².